The van der Waals surface area contributed by atoms with Crippen molar-refractivity contribution in [3.05, 3.63) is 93.7 Å². The Hall–Kier alpha value is -2.87. The van der Waals surface area contributed by atoms with Crippen molar-refractivity contribution in [3.8, 4) is 5.75 Å². The molecular formula is C26H24BrN3O3. The Kier molecular flexibility index (Phi) is 5.86. The third-order valence-corrected chi connectivity index (χ3v) is 7.03. The van der Waals surface area contributed by atoms with Crippen molar-refractivity contribution in [2.45, 2.75) is 12.1 Å². The van der Waals surface area contributed by atoms with Gasteiger partial charge in [0.1, 0.15) is 10.4 Å². The first-order valence-corrected chi connectivity index (χ1v) is 11.8. The summed E-state index contributed by atoms with van der Waals surface area (Å²) in [6.45, 7) is 3.36. The number of ketones is 2. The first-order chi connectivity index (χ1) is 16.1. The van der Waals surface area contributed by atoms with Crippen LogP contribution in [0, 0.1) is 0 Å². The molecule has 2 aliphatic rings. The van der Waals surface area contributed by atoms with E-state index in [0.717, 1.165) is 30.9 Å². The van der Waals surface area contributed by atoms with Crippen molar-refractivity contribution in [3.63, 3.8) is 0 Å². The van der Waals surface area contributed by atoms with Gasteiger partial charge in [0.25, 0.3) is 0 Å². The van der Waals surface area contributed by atoms with E-state index in [4.69, 9.17) is 4.74 Å². The number of nitrogens with zero attached hydrogens (tertiary/aromatic N) is 3. The van der Waals surface area contributed by atoms with E-state index in [1.54, 1.807) is 43.5 Å². The van der Waals surface area contributed by atoms with E-state index in [1.165, 1.54) is 0 Å². The smallest absolute Gasteiger partial charge is 0.198 e. The van der Waals surface area contributed by atoms with Gasteiger partial charge in [0.05, 0.1) is 12.8 Å². The van der Waals surface area contributed by atoms with Gasteiger partial charge < -0.3 is 4.74 Å². The Balaban J connectivity index is 1.46. The molecule has 33 heavy (non-hydrogen) atoms. The molecule has 0 amide bonds. The molecule has 1 aliphatic carbocycles. The maximum Gasteiger partial charge on any atom is 0.198 e. The van der Waals surface area contributed by atoms with E-state index >= 15 is 0 Å². The number of hydrogen-bond acceptors (Lipinski definition) is 6. The highest BCUT2D eigenvalue weighted by Crippen LogP contribution is 2.42. The van der Waals surface area contributed by atoms with Crippen LogP contribution >= 0.6 is 15.9 Å². The molecule has 7 heteroatoms. The molecule has 2 heterocycles. The average Bonchev–Trinajstić information content (AvgIpc) is 3.08. The molecule has 0 atom stereocenters. The number of carbonyl (C=O) groups is 2. The minimum Gasteiger partial charge on any atom is -0.496 e. The largest absolute Gasteiger partial charge is 0.496 e. The summed E-state index contributed by atoms with van der Waals surface area (Å²) in [4.78, 5) is 36.6. The number of pyridine rings is 1. The van der Waals surface area contributed by atoms with Crippen LogP contribution in [0.2, 0.25) is 0 Å². The highest BCUT2D eigenvalue weighted by Gasteiger charge is 2.59. The minimum atomic E-state index is -1.43. The summed E-state index contributed by atoms with van der Waals surface area (Å²) in [6, 6.07) is 20.5. The molecular weight excluding hydrogens is 482 g/mol. The number of hydrogen-bond donors (Lipinski definition) is 0. The second-order valence-electron chi connectivity index (χ2n) is 8.33. The summed E-state index contributed by atoms with van der Waals surface area (Å²) >= 11 is 3.42. The number of Topliss-reactive ketones (excluding diaryl/α,β-unsaturated/α-hetero) is 2. The second-order valence-corrected chi connectivity index (χ2v) is 9.15. The number of aromatic nitrogens is 1. The molecule has 168 valence electrons. The zero-order valence-corrected chi connectivity index (χ0v) is 19.9. The average molecular weight is 506 g/mol. The number of fused-ring (bicyclic) bond motifs is 1. The SMILES string of the molecule is COc1ccccc1CN1CCN(C2(c3cccc(Br)n3)C(=O)c3ccccc3C2=O)CC1. The van der Waals surface area contributed by atoms with Crippen molar-refractivity contribution in [2.75, 3.05) is 33.3 Å². The minimum absolute atomic E-state index is 0.188. The summed E-state index contributed by atoms with van der Waals surface area (Å²) in [5.41, 5.74) is 1.12. The second kappa shape index (κ2) is 8.82. The van der Waals surface area contributed by atoms with Crippen LogP contribution in [0.1, 0.15) is 32.0 Å². The fraction of sp³-hybridized carbons (Fsp3) is 0.269. The lowest BCUT2D eigenvalue weighted by molar-refractivity contribution is 0.0265. The zero-order chi connectivity index (χ0) is 23.0. The van der Waals surface area contributed by atoms with Crippen LogP contribution in [0.4, 0.5) is 0 Å². The summed E-state index contributed by atoms with van der Waals surface area (Å²) in [5.74, 6) is 0.491. The Morgan fingerprint density at radius 1 is 0.879 bits per heavy atom. The van der Waals surface area contributed by atoms with Gasteiger partial charge in [-0.1, -0.05) is 48.5 Å². The van der Waals surface area contributed by atoms with Gasteiger partial charge in [-0.15, -0.1) is 0 Å². The quantitative estimate of drug-likeness (QED) is 0.386. The van der Waals surface area contributed by atoms with Crippen LogP contribution in [0.15, 0.2) is 71.3 Å². The monoisotopic (exact) mass is 505 g/mol. The maximum atomic E-state index is 13.8. The number of piperazine rings is 1. The first-order valence-electron chi connectivity index (χ1n) is 11.0. The van der Waals surface area contributed by atoms with Crippen molar-refractivity contribution in [1.29, 1.82) is 0 Å². The van der Waals surface area contributed by atoms with Crippen LogP contribution in [0.25, 0.3) is 0 Å². The highest BCUT2D eigenvalue weighted by molar-refractivity contribution is 9.10. The van der Waals surface area contributed by atoms with Gasteiger partial charge in [0, 0.05) is 49.4 Å². The van der Waals surface area contributed by atoms with E-state index in [9.17, 15) is 9.59 Å². The molecule has 1 aromatic heterocycles. The topological polar surface area (TPSA) is 62.7 Å². The van der Waals surface area contributed by atoms with Crippen molar-refractivity contribution >= 4 is 27.5 Å². The molecule has 0 bridgehead atoms. The molecule has 1 saturated heterocycles. The number of benzene rings is 2. The summed E-state index contributed by atoms with van der Waals surface area (Å²) in [6.07, 6.45) is 0. The lowest BCUT2D eigenvalue weighted by atomic mass is 9.85. The van der Waals surface area contributed by atoms with Crippen molar-refractivity contribution < 1.29 is 14.3 Å². The fourth-order valence-electron chi connectivity index (χ4n) is 4.98. The van der Waals surface area contributed by atoms with Crippen LogP contribution in [-0.2, 0) is 12.1 Å². The van der Waals surface area contributed by atoms with E-state index in [0.29, 0.717) is 34.5 Å². The molecule has 3 aromatic rings. The standard InChI is InChI=1S/C26H24BrN3O3/c1-33-21-10-5-2-7-18(21)17-29-13-15-30(16-14-29)26(22-11-6-12-23(27)28-22)24(31)19-8-3-4-9-20(19)25(26)32/h2-12H,13-17H2,1H3. The van der Waals surface area contributed by atoms with Crippen LogP contribution in [0.5, 0.6) is 5.75 Å². The molecule has 0 unspecified atom stereocenters. The maximum absolute atomic E-state index is 13.8. The Morgan fingerprint density at radius 2 is 1.52 bits per heavy atom. The van der Waals surface area contributed by atoms with E-state index < -0.39 is 5.54 Å². The van der Waals surface area contributed by atoms with Gasteiger partial charge in [-0.2, -0.15) is 0 Å². The van der Waals surface area contributed by atoms with Gasteiger partial charge in [0.2, 0.25) is 0 Å². The lowest BCUT2D eigenvalue weighted by Crippen LogP contribution is -2.60. The third-order valence-electron chi connectivity index (χ3n) is 6.59. The van der Waals surface area contributed by atoms with Gasteiger partial charge in [-0.25, -0.2) is 4.98 Å². The number of ether oxygens (including phenoxy) is 1. The Labute approximate surface area is 201 Å². The number of para-hydroxylation sites is 1. The van der Waals surface area contributed by atoms with E-state index in [-0.39, 0.29) is 11.6 Å². The Bertz CT molecular complexity index is 1190. The van der Waals surface area contributed by atoms with E-state index in [2.05, 4.69) is 31.9 Å². The molecule has 6 nitrogen and oxygen atoms in total. The summed E-state index contributed by atoms with van der Waals surface area (Å²) < 4.78 is 6.10. The van der Waals surface area contributed by atoms with Crippen molar-refractivity contribution in [1.82, 2.24) is 14.8 Å². The number of rotatable bonds is 5. The molecule has 0 spiro atoms. The van der Waals surface area contributed by atoms with Gasteiger partial charge in [0.15, 0.2) is 17.1 Å². The van der Waals surface area contributed by atoms with Crippen LogP contribution in [0.3, 0.4) is 0 Å². The van der Waals surface area contributed by atoms with Crippen molar-refractivity contribution in [2.24, 2.45) is 0 Å². The number of carbonyl (C=O) groups excluding carboxylic acids is 2. The molecule has 0 N–H and O–H groups in total. The number of halogens is 1. The third kappa shape index (κ3) is 3.60. The first kappa shape index (κ1) is 21.9. The number of methoxy groups -OCH3 is 1. The highest BCUT2D eigenvalue weighted by atomic mass is 79.9. The predicted molar refractivity (Wildman–Crippen MR) is 129 cm³/mol. The van der Waals surface area contributed by atoms with Gasteiger partial charge in [-0.05, 0) is 34.1 Å². The molecule has 2 aromatic carbocycles. The van der Waals surface area contributed by atoms with Gasteiger partial charge >= 0.3 is 0 Å². The summed E-state index contributed by atoms with van der Waals surface area (Å²) in [5, 5.41) is 0. The molecule has 1 aliphatic heterocycles. The molecule has 0 radical (unpaired) electrons. The zero-order valence-electron chi connectivity index (χ0n) is 18.3. The fourth-order valence-corrected chi connectivity index (χ4v) is 5.32. The van der Waals surface area contributed by atoms with E-state index in [1.807, 2.05) is 29.2 Å². The lowest BCUT2D eigenvalue weighted by Gasteiger charge is -2.43. The molecule has 5 rings (SSSR count). The van der Waals surface area contributed by atoms with Crippen LogP contribution < -0.4 is 4.74 Å². The molecule has 0 saturated carbocycles. The predicted octanol–water partition coefficient (Wildman–Crippen LogP) is 3.95. The summed E-state index contributed by atoms with van der Waals surface area (Å²) in [7, 11) is 1.68. The van der Waals surface area contributed by atoms with Gasteiger partial charge in [-0.3, -0.25) is 19.4 Å². The normalized spacial score (nSPS) is 18.4. The molecule has 1 fully saturated rings. The Morgan fingerprint density at radius 3 is 2.15 bits per heavy atom. The van der Waals surface area contributed by atoms with Crippen LogP contribution in [-0.4, -0.2) is 59.6 Å².